The van der Waals surface area contributed by atoms with E-state index in [1.54, 1.807) is 0 Å². The first-order valence-corrected chi connectivity index (χ1v) is 10.9. The van der Waals surface area contributed by atoms with Crippen LogP contribution in [-0.2, 0) is 29.1 Å². The van der Waals surface area contributed by atoms with Gasteiger partial charge in [0.25, 0.3) is 0 Å². The van der Waals surface area contributed by atoms with E-state index in [-0.39, 0.29) is 12.0 Å². The summed E-state index contributed by atoms with van der Waals surface area (Å²) in [6, 6.07) is 6.21. The number of hydrogen-bond acceptors (Lipinski definition) is 6. The zero-order chi connectivity index (χ0) is 19.4. The maximum atomic E-state index is 11.7. The Morgan fingerprint density at radius 3 is 2.35 bits per heavy atom. The second kappa shape index (κ2) is 9.24. The fourth-order valence-electron chi connectivity index (χ4n) is 3.24. The zero-order valence-electron chi connectivity index (χ0n) is 15.7. The first-order valence-electron chi connectivity index (χ1n) is 8.46. The van der Waals surface area contributed by atoms with E-state index < -0.39 is 29.6 Å². The van der Waals surface area contributed by atoms with Crippen LogP contribution in [0.25, 0.3) is 0 Å². The third-order valence-electron chi connectivity index (χ3n) is 4.55. The minimum atomic E-state index is -0.640. The van der Waals surface area contributed by atoms with E-state index in [0.717, 1.165) is 10.9 Å². The summed E-state index contributed by atoms with van der Waals surface area (Å²) in [5.74, 6) is -0.987. The summed E-state index contributed by atoms with van der Waals surface area (Å²) < 4.78 is 17.3. The molecule has 0 N–H and O–H groups in total. The largest absolute Gasteiger partial charge is 0.458 e. The number of carbonyl (C=O) groups excluding carboxylic acids is 2. The number of benzene rings is 1. The average Bonchev–Trinajstić information content (AvgIpc) is 2.58. The molecule has 26 heavy (non-hydrogen) atoms. The fraction of sp³-hybridized carbons (Fsp3) is 0.579. The Labute approximate surface area is 167 Å². The van der Waals surface area contributed by atoms with Gasteiger partial charge in [-0.2, -0.15) is 0 Å². The van der Waals surface area contributed by atoms with Crippen LogP contribution in [0.15, 0.2) is 18.2 Å². The predicted molar refractivity (Wildman–Crippen MR) is 105 cm³/mol. The van der Waals surface area contributed by atoms with E-state index in [9.17, 15) is 9.59 Å². The van der Waals surface area contributed by atoms with E-state index in [2.05, 4.69) is 35.0 Å². The number of carbonyl (C=O) groups is 2. The van der Waals surface area contributed by atoms with Gasteiger partial charge in [0.2, 0.25) is 0 Å². The Kier molecular flexibility index (Phi) is 7.55. The van der Waals surface area contributed by atoms with Gasteiger partial charge in [-0.15, -0.1) is 11.8 Å². The van der Waals surface area contributed by atoms with Crippen molar-refractivity contribution in [2.45, 2.75) is 56.8 Å². The van der Waals surface area contributed by atoms with Crippen molar-refractivity contribution in [1.82, 2.24) is 0 Å². The Hall–Kier alpha value is -1.05. The molecule has 1 aromatic rings. The average molecular weight is 445 g/mol. The number of hydrogen-bond donors (Lipinski definition) is 0. The van der Waals surface area contributed by atoms with Gasteiger partial charge in [-0.3, -0.25) is 9.59 Å². The Balaban J connectivity index is 2.40. The molecule has 0 aromatic heterocycles. The molecule has 5 nitrogen and oxygen atoms in total. The molecule has 144 valence electrons. The molecule has 0 saturated carbocycles. The molecule has 1 aliphatic heterocycles. The van der Waals surface area contributed by atoms with Crippen LogP contribution in [0.1, 0.15) is 43.6 Å². The van der Waals surface area contributed by atoms with Crippen molar-refractivity contribution in [2.75, 3.05) is 6.26 Å². The van der Waals surface area contributed by atoms with E-state index in [4.69, 9.17) is 14.2 Å². The Morgan fingerprint density at radius 1 is 1.19 bits per heavy atom. The first kappa shape index (κ1) is 21.3. The molecule has 1 heterocycles. The van der Waals surface area contributed by atoms with Gasteiger partial charge >= 0.3 is 11.9 Å². The van der Waals surface area contributed by atoms with Crippen LogP contribution in [-0.4, -0.2) is 35.8 Å². The third-order valence-corrected chi connectivity index (χ3v) is 6.00. The summed E-state index contributed by atoms with van der Waals surface area (Å²) >= 11 is 4.96. The number of esters is 2. The molecule has 1 saturated heterocycles. The number of ether oxygens (including phenoxy) is 3. The molecule has 0 aliphatic carbocycles. The normalized spacial score (nSPS) is 28.5. The molecule has 2 rings (SSSR count). The van der Waals surface area contributed by atoms with Crippen molar-refractivity contribution in [2.24, 2.45) is 5.92 Å². The maximum Gasteiger partial charge on any atom is 0.303 e. The van der Waals surface area contributed by atoms with Crippen molar-refractivity contribution in [3.05, 3.63) is 34.9 Å². The summed E-state index contributed by atoms with van der Waals surface area (Å²) in [5, 5.41) is 0.753. The molecule has 1 aliphatic rings. The van der Waals surface area contributed by atoms with Crippen LogP contribution < -0.4 is 0 Å². The summed E-state index contributed by atoms with van der Waals surface area (Å²) in [7, 11) is 0. The molecule has 0 bridgehead atoms. The molecule has 1 aromatic carbocycles. The van der Waals surface area contributed by atoms with E-state index in [1.165, 1.54) is 36.7 Å². The second-order valence-corrected chi connectivity index (χ2v) is 7.98. The van der Waals surface area contributed by atoms with Gasteiger partial charge in [-0.05, 0) is 29.9 Å². The highest BCUT2D eigenvalue weighted by Gasteiger charge is 2.48. The second-order valence-electron chi connectivity index (χ2n) is 6.49. The first-order chi connectivity index (χ1) is 12.3. The van der Waals surface area contributed by atoms with Gasteiger partial charge in [-0.1, -0.05) is 41.1 Å². The van der Waals surface area contributed by atoms with Crippen molar-refractivity contribution in [1.29, 1.82) is 0 Å². The molecular weight excluding hydrogens is 420 g/mol. The highest BCUT2D eigenvalue weighted by atomic mass is 79.9. The SMILES string of the molecule is CS[C@H]1O[C@@H](c2ccc(C)c(CBr)c2)[C@H](C)[C@@H](OC(C)=O)[C@@H]1OC(C)=O. The fourth-order valence-corrected chi connectivity index (χ4v) is 4.55. The highest BCUT2D eigenvalue weighted by Crippen LogP contribution is 2.42. The van der Waals surface area contributed by atoms with Crippen molar-refractivity contribution in [3.8, 4) is 0 Å². The summed E-state index contributed by atoms with van der Waals surface area (Å²) in [6.45, 7) is 6.74. The molecule has 1 fully saturated rings. The summed E-state index contributed by atoms with van der Waals surface area (Å²) in [4.78, 5) is 23.2. The van der Waals surface area contributed by atoms with E-state index in [1.807, 2.05) is 19.2 Å². The van der Waals surface area contributed by atoms with Crippen molar-refractivity contribution < 1.29 is 23.8 Å². The quantitative estimate of drug-likeness (QED) is 0.501. The summed E-state index contributed by atoms with van der Waals surface area (Å²) in [6.07, 6.45) is 0.417. The minimum absolute atomic E-state index is 0.169. The van der Waals surface area contributed by atoms with Gasteiger partial charge in [0.15, 0.2) is 6.10 Å². The smallest absolute Gasteiger partial charge is 0.303 e. The lowest BCUT2D eigenvalue weighted by Crippen LogP contribution is -2.52. The van der Waals surface area contributed by atoms with Crippen LogP contribution in [0.4, 0.5) is 0 Å². The lowest BCUT2D eigenvalue weighted by atomic mass is 9.86. The molecule has 0 spiro atoms. The number of thioether (sulfide) groups is 1. The third kappa shape index (κ3) is 4.81. The standard InChI is InChI=1S/C19H25BrO5S/c1-10-6-7-14(8-15(10)9-20)16-11(2)17(23-12(3)21)18(24-13(4)22)19(25-16)26-5/h6-8,11,16-19H,9H2,1-5H3/t11-,16+,17+,18-,19+/m0/s1. The van der Waals surface area contributed by atoms with Crippen LogP contribution in [0.2, 0.25) is 0 Å². The van der Waals surface area contributed by atoms with Crippen LogP contribution in [0.3, 0.4) is 0 Å². The summed E-state index contributed by atoms with van der Waals surface area (Å²) in [5.41, 5.74) is 2.99. The molecule has 7 heteroatoms. The lowest BCUT2D eigenvalue weighted by Gasteiger charge is -2.44. The van der Waals surface area contributed by atoms with Crippen LogP contribution in [0, 0.1) is 12.8 Å². The molecule has 0 radical (unpaired) electrons. The van der Waals surface area contributed by atoms with Crippen molar-refractivity contribution >= 4 is 39.6 Å². The Morgan fingerprint density at radius 2 is 1.81 bits per heavy atom. The van der Waals surface area contributed by atoms with Gasteiger partial charge < -0.3 is 14.2 Å². The molecular formula is C19H25BrO5S. The highest BCUT2D eigenvalue weighted by molar-refractivity contribution is 9.08. The monoisotopic (exact) mass is 444 g/mol. The van der Waals surface area contributed by atoms with Gasteiger partial charge in [0, 0.05) is 25.1 Å². The minimum Gasteiger partial charge on any atom is -0.458 e. The van der Waals surface area contributed by atoms with E-state index >= 15 is 0 Å². The molecule has 0 unspecified atom stereocenters. The van der Waals surface area contributed by atoms with Gasteiger partial charge in [0.1, 0.15) is 11.5 Å². The van der Waals surface area contributed by atoms with E-state index in [0.29, 0.717) is 0 Å². The van der Waals surface area contributed by atoms with Crippen molar-refractivity contribution in [3.63, 3.8) is 0 Å². The van der Waals surface area contributed by atoms with Gasteiger partial charge in [-0.25, -0.2) is 0 Å². The number of rotatable bonds is 5. The Bertz CT molecular complexity index is 665. The topological polar surface area (TPSA) is 61.8 Å². The predicted octanol–water partition coefficient (Wildman–Crippen LogP) is 4.15. The van der Waals surface area contributed by atoms with Crippen LogP contribution in [0.5, 0.6) is 0 Å². The molecule has 5 atom stereocenters. The number of aryl methyl sites for hydroxylation is 1. The lowest BCUT2D eigenvalue weighted by molar-refractivity contribution is -0.208. The zero-order valence-corrected chi connectivity index (χ0v) is 18.1. The number of alkyl halides is 1. The maximum absolute atomic E-state index is 11.7. The van der Waals surface area contributed by atoms with Crippen LogP contribution >= 0.6 is 27.7 Å². The number of halogens is 1. The van der Waals surface area contributed by atoms with Gasteiger partial charge in [0.05, 0.1) is 6.10 Å². The molecule has 0 amide bonds.